The number of aromatic nitrogens is 2. The second kappa shape index (κ2) is 20.2. The standard InChI is InChI=1S/C20H31F3N6O.C10H10N2O.C2H6/c21-20(22,23)19-26-16(28-10-1-2-11-28)14-17(27-19)29-12-6-15(7-13-29)4-3-5-18(30)25-9-8-24;11-7-10-3-1-9(2-4-10)5-6-12-8-13;1-2/h14-15H,1-13,24H2,(H,25,30);1-4,8H,5-6H2,(H,12,13);1-2H3. The van der Waals surface area contributed by atoms with Gasteiger partial charge in [-0.15, -0.1) is 0 Å². The molecule has 4 N–H and O–H groups in total. The Morgan fingerprint density at radius 3 is 2.18 bits per heavy atom. The molecule has 0 atom stereocenters. The normalized spacial score (nSPS) is 14.8. The van der Waals surface area contributed by atoms with E-state index in [0.717, 1.165) is 63.6 Å². The lowest BCUT2D eigenvalue weighted by molar-refractivity contribution is -0.144. The molecule has 0 saturated carbocycles. The van der Waals surface area contributed by atoms with Gasteiger partial charge in [0.15, 0.2) is 0 Å². The number of piperidine rings is 1. The van der Waals surface area contributed by atoms with Gasteiger partial charge in [0, 0.05) is 58.3 Å². The minimum Gasteiger partial charge on any atom is -0.358 e. The fourth-order valence-corrected chi connectivity index (χ4v) is 5.14. The highest BCUT2D eigenvalue weighted by atomic mass is 19.4. The number of carbonyl (C=O) groups is 2. The minimum atomic E-state index is -4.56. The maximum Gasteiger partial charge on any atom is 0.451 e. The lowest BCUT2D eigenvalue weighted by atomic mass is 9.91. The van der Waals surface area contributed by atoms with Gasteiger partial charge in [0.2, 0.25) is 18.1 Å². The Labute approximate surface area is 264 Å². The Morgan fingerprint density at radius 1 is 1.04 bits per heavy atom. The molecule has 2 aliphatic heterocycles. The van der Waals surface area contributed by atoms with Crippen LogP contribution >= 0.6 is 0 Å². The summed E-state index contributed by atoms with van der Waals surface area (Å²) in [6, 6.07) is 11.1. The molecule has 13 heteroatoms. The average molecular weight is 633 g/mol. The van der Waals surface area contributed by atoms with Crippen molar-refractivity contribution in [1.29, 1.82) is 5.26 Å². The van der Waals surface area contributed by atoms with Gasteiger partial charge in [0.05, 0.1) is 11.6 Å². The van der Waals surface area contributed by atoms with Crippen LogP contribution < -0.4 is 26.2 Å². The van der Waals surface area contributed by atoms with Gasteiger partial charge < -0.3 is 26.2 Å². The predicted octanol–water partition coefficient (Wildman–Crippen LogP) is 4.43. The van der Waals surface area contributed by atoms with Gasteiger partial charge >= 0.3 is 6.18 Å². The van der Waals surface area contributed by atoms with E-state index in [4.69, 9.17) is 11.0 Å². The molecule has 2 fully saturated rings. The van der Waals surface area contributed by atoms with Gasteiger partial charge in [0.25, 0.3) is 0 Å². The number of amides is 2. The van der Waals surface area contributed by atoms with Gasteiger partial charge in [0.1, 0.15) is 11.6 Å². The molecule has 1 aromatic carbocycles. The first kappa shape index (κ1) is 37.3. The van der Waals surface area contributed by atoms with E-state index in [0.29, 0.717) is 68.7 Å². The van der Waals surface area contributed by atoms with Gasteiger partial charge in [-0.3, -0.25) is 9.59 Å². The zero-order chi connectivity index (χ0) is 33.1. The van der Waals surface area contributed by atoms with E-state index in [1.165, 1.54) is 0 Å². The summed E-state index contributed by atoms with van der Waals surface area (Å²) in [4.78, 5) is 33.1. The molecule has 45 heavy (non-hydrogen) atoms. The van der Waals surface area contributed by atoms with E-state index in [2.05, 4.69) is 20.6 Å². The summed E-state index contributed by atoms with van der Waals surface area (Å²) in [5, 5.41) is 13.9. The number of anilines is 2. The third-order valence-corrected chi connectivity index (χ3v) is 7.53. The molecule has 0 spiro atoms. The molecular formula is C32H47F3N8O2. The van der Waals surface area contributed by atoms with Crippen LogP contribution in [0.5, 0.6) is 0 Å². The largest absolute Gasteiger partial charge is 0.451 e. The molecule has 0 radical (unpaired) electrons. The first-order chi connectivity index (χ1) is 21.7. The highest BCUT2D eigenvalue weighted by Gasteiger charge is 2.37. The topological polar surface area (TPSA) is 140 Å². The molecule has 2 saturated heterocycles. The van der Waals surface area contributed by atoms with Crippen LogP contribution in [0.1, 0.15) is 75.7 Å². The van der Waals surface area contributed by atoms with Crippen molar-refractivity contribution in [3.63, 3.8) is 0 Å². The molecule has 4 rings (SSSR count). The van der Waals surface area contributed by atoms with Crippen molar-refractivity contribution in [2.24, 2.45) is 11.7 Å². The van der Waals surface area contributed by atoms with Crippen LogP contribution in [0.15, 0.2) is 30.3 Å². The summed E-state index contributed by atoms with van der Waals surface area (Å²) >= 11 is 0. The second-order valence-electron chi connectivity index (χ2n) is 10.7. The Hall–Kier alpha value is -3.92. The van der Waals surface area contributed by atoms with E-state index in [-0.39, 0.29) is 5.91 Å². The van der Waals surface area contributed by atoms with Crippen LogP contribution in [0, 0.1) is 17.2 Å². The molecule has 1 aromatic heterocycles. The summed E-state index contributed by atoms with van der Waals surface area (Å²) in [5.41, 5.74) is 7.15. The summed E-state index contributed by atoms with van der Waals surface area (Å²) in [6.07, 6.45) is 2.87. The fraction of sp³-hybridized carbons (Fsp3) is 0.594. The van der Waals surface area contributed by atoms with Gasteiger partial charge in [-0.25, -0.2) is 9.97 Å². The smallest absolute Gasteiger partial charge is 0.358 e. The van der Waals surface area contributed by atoms with Crippen LogP contribution in [0.25, 0.3) is 0 Å². The third kappa shape index (κ3) is 13.3. The zero-order valence-electron chi connectivity index (χ0n) is 26.4. The van der Waals surface area contributed by atoms with Gasteiger partial charge in [-0.2, -0.15) is 18.4 Å². The maximum absolute atomic E-state index is 13.3. The lowest BCUT2D eigenvalue weighted by Gasteiger charge is -2.33. The van der Waals surface area contributed by atoms with Gasteiger partial charge in [-0.05, 0) is 68.6 Å². The van der Waals surface area contributed by atoms with Crippen molar-refractivity contribution in [3.8, 4) is 6.07 Å². The van der Waals surface area contributed by atoms with Crippen LogP contribution in [-0.2, 0) is 22.2 Å². The molecule has 2 amide bonds. The zero-order valence-corrected chi connectivity index (χ0v) is 26.4. The highest BCUT2D eigenvalue weighted by molar-refractivity contribution is 5.75. The fourth-order valence-electron chi connectivity index (χ4n) is 5.14. The summed E-state index contributed by atoms with van der Waals surface area (Å²) in [7, 11) is 0. The van der Waals surface area contributed by atoms with Crippen molar-refractivity contribution in [2.75, 3.05) is 55.6 Å². The Bertz CT molecular complexity index is 1190. The van der Waals surface area contributed by atoms with E-state index >= 15 is 0 Å². The van der Waals surface area contributed by atoms with Crippen molar-refractivity contribution < 1.29 is 22.8 Å². The van der Waals surface area contributed by atoms with Crippen LogP contribution in [0.3, 0.4) is 0 Å². The number of nitriles is 1. The Balaban J connectivity index is 0.000000393. The number of halogens is 3. The molecule has 0 unspecified atom stereocenters. The number of benzene rings is 1. The number of hydrogen-bond acceptors (Lipinski definition) is 8. The number of hydrogen-bond donors (Lipinski definition) is 3. The third-order valence-electron chi connectivity index (χ3n) is 7.53. The summed E-state index contributed by atoms with van der Waals surface area (Å²) in [6.45, 7) is 8.35. The number of carbonyl (C=O) groups excluding carboxylic acids is 2. The van der Waals surface area contributed by atoms with Crippen LogP contribution in [0.4, 0.5) is 24.8 Å². The predicted molar refractivity (Wildman–Crippen MR) is 170 cm³/mol. The van der Waals surface area contributed by atoms with Crippen molar-refractivity contribution in [3.05, 3.63) is 47.3 Å². The van der Waals surface area contributed by atoms with Crippen molar-refractivity contribution >= 4 is 24.0 Å². The second-order valence-corrected chi connectivity index (χ2v) is 10.7. The molecule has 0 bridgehead atoms. The molecular weight excluding hydrogens is 585 g/mol. The first-order valence-corrected chi connectivity index (χ1v) is 15.8. The quantitative estimate of drug-likeness (QED) is 0.231. The van der Waals surface area contributed by atoms with Crippen LogP contribution in [-0.4, -0.2) is 68.1 Å². The molecule has 248 valence electrons. The van der Waals surface area contributed by atoms with E-state index < -0.39 is 12.0 Å². The molecule has 0 aliphatic carbocycles. The van der Waals surface area contributed by atoms with E-state index in [1.807, 2.05) is 41.8 Å². The summed E-state index contributed by atoms with van der Waals surface area (Å²) in [5.74, 6) is 0.167. The molecule has 2 aliphatic rings. The molecule has 2 aromatic rings. The van der Waals surface area contributed by atoms with Crippen molar-refractivity contribution in [2.45, 2.75) is 71.4 Å². The number of nitrogens with two attached hydrogens (primary N) is 1. The lowest BCUT2D eigenvalue weighted by Crippen LogP contribution is -2.35. The number of nitrogens with one attached hydrogen (secondary N) is 2. The monoisotopic (exact) mass is 632 g/mol. The SMILES string of the molecule is CC.N#Cc1ccc(CCNC=O)cc1.NCCNC(=O)CCCC1CCN(c2cc(N3CCCC3)nc(C(F)(F)F)n2)CC1. The number of alkyl halides is 3. The van der Waals surface area contributed by atoms with Crippen LogP contribution in [0.2, 0.25) is 0 Å². The summed E-state index contributed by atoms with van der Waals surface area (Å²) < 4.78 is 40.0. The van der Waals surface area contributed by atoms with Crippen molar-refractivity contribution in [1.82, 2.24) is 20.6 Å². The van der Waals surface area contributed by atoms with Gasteiger partial charge in [-0.1, -0.05) is 26.0 Å². The Morgan fingerprint density at radius 2 is 1.64 bits per heavy atom. The maximum atomic E-state index is 13.3. The molecule has 10 nitrogen and oxygen atoms in total. The highest BCUT2D eigenvalue weighted by Crippen LogP contribution is 2.33. The number of nitrogens with zero attached hydrogens (tertiary/aromatic N) is 5. The average Bonchev–Trinajstić information content (AvgIpc) is 3.61. The van der Waals surface area contributed by atoms with E-state index in [9.17, 15) is 22.8 Å². The first-order valence-electron chi connectivity index (χ1n) is 15.8. The Kier molecular flexibility index (Phi) is 16.7. The number of rotatable bonds is 12. The van der Waals surface area contributed by atoms with E-state index in [1.54, 1.807) is 18.2 Å². The molecule has 3 heterocycles. The minimum absolute atomic E-state index is 0.0213.